The summed E-state index contributed by atoms with van der Waals surface area (Å²) < 4.78 is 35.5. The molecular weight excluding hydrogens is 402 g/mol. The van der Waals surface area contributed by atoms with Gasteiger partial charge in [0.05, 0.1) is 10.7 Å². The van der Waals surface area contributed by atoms with E-state index in [9.17, 15) is 14.0 Å². The molecule has 0 saturated heterocycles. The van der Waals surface area contributed by atoms with Crippen LogP contribution in [0.4, 0.5) is 8.78 Å². The summed E-state index contributed by atoms with van der Waals surface area (Å²) in [6, 6.07) is 7.59. The molecule has 150 valence electrons. The first-order valence-corrected chi connectivity index (χ1v) is 9.14. The van der Waals surface area contributed by atoms with Crippen molar-refractivity contribution in [3.8, 4) is 17.6 Å². The van der Waals surface area contributed by atoms with E-state index in [1.165, 1.54) is 23.0 Å². The van der Waals surface area contributed by atoms with E-state index in [-0.39, 0.29) is 18.8 Å². The Morgan fingerprint density at radius 1 is 1.28 bits per heavy atom. The number of pyridine rings is 1. The summed E-state index contributed by atoms with van der Waals surface area (Å²) in [6.45, 7) is 1.28. The highest BCUT2D eigenvalue weighted by molar-refractivity contribution is 6.30. The molecule has 3 aromatic rings. The third-order valence-corrected chi connectivity index (χ3v) is 4.46. The molecule has 0 unspecified atom stereocenters. The smallest absolute Gasteiger partial charge is 0.191 e. The standard InChI is InChI=1S/C20H17ClF2N4O2/c1-12-15(9-24)18(27(26-12)19-5-4-14(21)10-25-19)11-29-20-16(22)7-13(3-2-6-28)8-17(20)23/h4-5,7-8,10,28H,2-3,6,11H2,1H3. The maximum absolute atomic E-state index is 14.4. The first-order chi connectivity index (χ1) is 13.9. The van der Waals surface area contributed by atoms with Crippen LogP contribution in [-0.4, -0.2) is 26.5 Å². The zero-order chi connectivity index (χ0) is 21.0. The van der Waals surface area contributed by atoms with Gasteiger partial charge >= 0.3 is 0 Å². The monoisotopic (exact) mass is 418 g/mol. The second kappa shape index (κ2) is 8.99. The number of aryl methyl sites for hydroxylation is 2. The second-order valence-electron chi connectivity index (χ2n) is 6.27. The van der Waals surface area contributed by atoms with Gasteiger partial charge in [-0.2, -0.15) is 10.4 Å². The molecule has 1 N–H and O–H groups in total. The van der Waals surface area contributed by atoms with E-state index in [0.29, 0.717) is 40.6 Å². The number of aliphatic hydroxyl groups excluding tert-OH is 1. The number of ether oxygens (including phenoxy) is 1. The van der Waals surface area contributed by atoms with Crippen LogP contribution in [-0.2, 0) is 13.0 Å². The number of aliphatic hydroxyl groups is 1. The van der Waals surface area contributed by atoms with Gasteiger partial charge in [-0.1, -0.05) is 11.6 Å². The third-order valence-electron chi connectivity index (χ3n) is 4.23. The van der Waals surface area contributed by atoms with Gasteiger partial charge in [-0.3, -0.25) is 0 Å². The molecule has 0 aliphatic carbocycles. The Morgan fingerprint density at radius 3 is 2.59 bits per heavy atom. The van der Waals surface area contributed by atoms with Crippen molar-refractivity contribution in [3.05, 3.63) is 69.6 Å². The summed E-state index contributed by atoms with van der Waals surface area (Å²) in [4.78, 5) is 4.16. The summed E-state index contributed by atoms with van der Waals surface area (Å²) in [5.74, 6) is -1.87. The first kappa shape index (κ1) is 20.7. The number of hydrogen-bond acceptors (Lipinski definition) is 5. The molecular formula is C20H17ClF2N4O2. The third kappa shape index (κ3) is 4.53. The van der Waals surface area contributed by atoms with E-state index in [0.717, 1.165) is 0 Å². The lowest BCUT2D eigenvalue weighted by Crippen LogP contribution is -2.09. The average Bonchev–Trinajstić information content (AvgIpc) is 3.01. The van der Waals surface area contributed by atoms with Crippen LogP contribution in [0.3, 0.4) is 0 Å². The molecule has 2 heterocycles. The number of rotatable bonds is 7. The molecule has 0 fully saturated rings. The minimum Gasteiger partial charge on any atom is -0.481 e. The molecule has 0 spiro atoms. The van der Waals surface area contributed by atoms with Crippen LogP contribution in [0.2, 0.25) is 5.02 Å². The van der Waals surface area contributed by atoms with E-state index in [2.05, 4.69) is 10.1 Å². The van der Waals surface area contributed by atoms with E-state index < -0.39 is 17.4 Å². The lowest BCUT2D eigenvalue weighted by molar-refractivity contribution is 0.266. The fourth-order valence-electron chi connectivity index (χ4n) is 2.85. The Bertz CT molecular complexity index is 1040. The van der Waals surface area contributed by atoms with Gasteiger partial charge in [-0.15, -0.1) is 0 Å². The van der Waals surface area contributed by atoms with Crippen molar-refractivity contribution in [1.29, 1.82) is 5.26 Å². The van der Waals surface area contributed by atoms with Gasteiger partial charge in [0.2, 0.25) is 0 Å². The van der Waals surface area contributed by atoms with Crippen LogP contribution < -0.4 is 4.74 Å². The number of nitrogens with zero attached hydrogens (tertiary/aromatic N) is 4. The van der Waals surface area contributed by atoms with E-state index >= 15 is 0 Å². The Kier molecular flexibility index (Phi) is 6.42. The van der Waals surface area contributed by atoms with E-state index in [1.807, 2.05) is 6.07 Å². The van der Waals surface area contributed by atoms with Crippen molar-refractivity contribution in [2.75, 3.05) is 6.61 Å². The summed E-state index contributed by atoms with van der Waals surface area (Å²) in [5, 5.41) is 23.0. The predicted octanol–water partition coefficient (Wildman–Crippen LogP) is 3.88. The lowest BCUT2D eigenvalue weighted by Gasteiger charge is -2.12. The molecule has 29 heavy (non-hydrogen) atoms. The predicted molar refractivity (Wildman–Crippen MR) is 102 cm³/mol. The van der Waals surface area contributed by atoms with Crippen LogP contribution in [0.15, 0.2) is 30.5 Å². The molecule has 9 heteroatoms. The summed E-state index contributed by atoms with van der Waals surface area (Å²) in [5.41, 5.74) is 1.40. The Morgan fingerprint density at radius 2 is 2.00 bits per heavy atom. The highest BCUT2D eigenvalue weighted by atomic mass is 35.5. The minimum absolute atomic E-state index is 0.0689. The molecule has 0 saturated carbocycles. The first-order valence-electron chi connectivity index (χ1n) is 8.76. The van der Waals surface area contributed by atoms with Crippen molar-refractivity contribution < 1.29 is 18.6 Å². The summed E-state index contributed by atoms with van der Waals surface area (Å²) in [7, 11) is 0. The van der Waals surface area contributed by atoms with Crippen molar-refractivity contribution in [3.63, 3.8) is 0 Å². The number of hydrogen-bond donors (Lipinski definition) is 1. The second-order valence-corrected chi connectivity index (χ2v) is 6.71. The molecule has 0 amide bonds. The Hall–Kier alpha value is -3.02. The molecule has 0 bridgehead atoms. The minimum atomic E-state index is -0.858. The zero-order valence-electron chi connectivity index (χ0n) is 15.5. The van der Waals surface area contributed by atoms with Gasteiger partial charge in [-0.05, 0) is 49.6 Å². The van der Waals surface area contributed by atoms with Crippen LogP contribution in [0.1, 0.15) is 28.9 Å². The van der Waals surface area contributed by atoms with Gasteiger partial charge in [-0.25, -0.2) is 18.4 Å². The average molecular weight is 419 g/mol. The van der Waals surface area contributed by atoms with Crippen LogP contribution >= 0.6 is 11.6 Å². The van der Waals surface area contributed by atoms with Gasteiger partial charge in [0.15, 0.2) is 23.2 Å². The molecule has 0 aliphatic heterocycles. The van der Waals surface area contributed by atoms with Crippen LogP contribution in [0.5, 0.6) is 5.75 Å². The number of nitriles is 1. The molecule has 3 rings (SSSR count). The van der Waals surface area contributed by atoms with Gasteiger partial charge in [0, 0.05) is 12.8 Å². The van der Waals surface area contributed by atoms with Crippen molar-refractivity contribution in [2.45, 2.75) is 26.4 Å². The largest absolute Gasteiger partial charge is 0.481 e. The van der Waals surface area contributed by atoms with E-state index in [4.69, 9.17) is 21.4 Å². The van der Waals surface area contributed by atoms with Crippen molar-refractivity contribution in [1.82, 2.24) is 14.8 Å². The Balaban J connectivity index is 1.91. The van der Waals surface area contributed by atoms with Gasteiger partial charge in [0.1, 0.15) is 23.9 Å². The lowest BCUT2D eigenvalue weighted by atomic mass is 10.1. The number of benzene rings is 1. The summed E-state index contributed by atoms with van der Waals surface area (Å²) in [6.07, 6.45) is 2.17. The molecule has 1 aromatic carbocycles. The van der Waals surface area contributed by atoms with Gasteiger partial charge < -0.3 is 9.84 Å². The molecule has 2 aromatic heterocycles. The highest BCUT2D eigenvalue weighted by Crippen LogP contribution is 2.26. The van der Waals surface area contributed by atoms with Gasteiger partial charge in [0.25, 0.3) is 0 Å². The fourth-order valence-corrected chi connectivity index (χ4v) is 2.97. The molecule has 0 atom stereocenters. The highest BCUT2D eigenvalue weighted by Gasteiger charge is 2.20. The SMILES string of the molecule is Cc1nn(-c2ccc(Cl)cn2)c(COc2c(F)cc(CCCO)cc2F)c1C#N. The Labute approximate surface area is 170 Å². The maximum atomic E-state index is 14.4. The molecule has 0 radical (unpaired) electrons. The fraction of sp³-hybridized carbons (Fsp3) is 0.250. The quantitative estimate of drug-likeness (QED) is 0.629. The maximum Gasteiger partial charge on any atom is 0.191 e. The van der Waals surface area contributed by atoms with E-state index in [1.54, 1.807) is 19.1 Å². The van der Waals surface area contributed by atoms with Crippen molar-refractivity contribution >= 4 is 11.6 Å². The summed E-state index contributed by atoms with van der Waals surface area (Å²) >= 11 is 5.86. The zero-order valence-corrected chi connectivity index (χ0v) is 16.2. The number of aromatic nitrogens is 3. The van der Waals surface area contributed by atoms with Crippen LogP contribution in [0.25, 0.3) is 5.82 Å². The topological polar surface area (TPSA) is 84.0 Å². The van der Waals surface area contributed by atoms with Crippen LogP contribution in [0, 0.1) is 29.9 Å². The van der Waals surface area contributed by atoms with Crippen molar-refractivity contribution in [2.24, 2.45) is 0 Å². The molecule has 0 aliphatic rings. The number of halogens is 3. The normalized spacial score (nSPS) is 10.8. The molecule has 6 nitrogen and oxygen atoms in total.